The molecular weight excluding hydrogens is 324 g/mol. The second kappa shape index (κ2) is 7.78. The maximum Gasteiger partial charge on any atom is 0.258 e. The molecule has 3 aromatic rings. The van der Waals surface area contributed by atoms with Crippen molar-refractivity contribution in [2.24, 2.45) is 0 Å². The molecule has 1 heterocycles. The van der Waals surface area contributed by atoms with E-state index < -0.39 is 0 Å². The molecule has 0 fully saturated rings. The van der Waals surface area contributed by atoms with Crippen molar-refractivity contribution in [3.8, 4) is 0 Å². The first-order valence-electron chi connectivity index (χ1n) is 8.51. The zero-order chi connectivity index (χ0) is 18.5. The van der Waals surface area contributed by atoms with Gasteiger partial charge in [-0.2, -0.15) is 0 Å². The van der Waals surface area contributed by atoms with Gasteiger partial charge in [0.05, 0.1) is 5.56 Å². The molecule has 0 aliphatic heterocycles. The third kappa shape index (κ3) is 4.66. The smallest absolute Gasteiger partial charge is 0.258 e. The van der Waals surface area contributed by atoms with Crippen LogP contribution >= 0.6 is 0 Å². The molecule has 3 rings (SSSR count). The molecule has 2 N–H and O–H groups in total. The van der Waals surface area contributed by atoms with Gasteiger partial charge in [-0.15, -0.1) is 0 Å². The first kappa shape index (κ1) is 17.6. The van der Waals surface area contributed by atoms with E-state index in [2.05, 4.69) is 45.7 Å². The molecule has 132 valence electrons. The Kier molecular flexibility index (Phi) is 5.27. The molecule has 5 nitrogen and oxygen atoms in total. The number of aromatic nitrogens is 2. The van der Waals surface area contributed by atoms with Crippen LogP contribution in [0.15, 0.2) is 54.9 Å². The van der Waals surface area contributed by atoms with E-state index in [4.69, 9.17) is 0 Å². The van der Waals surface area contributed by atoms with Crippen molar-refractivity contribution in [1.82, 2.24) is 9.97 Å². The van der Waals surface area contributed by atoms with Crippen LogP contribution in [0.1, 0.15) is 32.6 Å². The minimum absolute atomic E-state index is 0.222. The summed E-state index contributed by atoms with van der Waals surface area (Å²) in [6.45, 7) is 6.69. The van der Waals surface area contributed by atoms with Gasteiger partial charge in [-0.1, -0.05) is 35.9 Å². The Bertz CT molecular complexity index is 899. The number of nitrogens with zero attached hydrogens (tertiary/aromatic N) is 2. The first-order chi connectivity index (χ1) is 12.5. The average molecular weight is 346 g/mol. The molecule has 0 aliphatic carbocycles. The van der Waals surface area contributed by atoms with Crippen LogP contribution in [-0.2, 0) is 6.54 Å². The van der Waals surface area contributed by atoms with Gasteiger partial charge in [-0.3, -0.25) is 4.79 Å². The maximum absolute atomic E-state index is 12.4. The molecule has 5 heteroatoms. The number of hydrogen-bond acceptors (Lipinski definition) is 4. The van der Waals surface area contributed by atoms with Crippen LogP contribution in [0, 0.1) is 20.8 Å². The summed E-state index contributed by atoms with van der Waals surface area (Å²) in [7, 11) is 0. The van der Waals surface area contributed by atoms with Gasteiger partial charge in [0.2, 0.25) is 5.95 Å². The minimum atomic E-state index is -0.222. The Morgan fingerprint density at radius 2 is 1.62 bits per heavy atom. The fourth-order valence-electron chi connectivity index (χ4n) is 2.79. The number of benzene rings is 2. The fourth-order valence-corrected chi connectivity index (χ4v) is 2.79. The Morgan fingerprint density at radius 1 is 0.923 bits per heavy atom. The van der Waals surface area contributed by atoms with Gasteiger partial charge in [0.1, 0.15) is 0 Å². The van der Waals surface area contributed by atoms with E-state index in [1.54, 1.807) is 0 Å². The van der Waals surface area contributed by atoms with Gasteiger partial charge in [0.15, 0.2) is 0 Å². The summed E-state index contributed by atoms with van der Waals surface area (Å²) in [6.07, 6.45) is 3.06. The van der Waals surface area contributed by atoms with Crippen molar-refractivity contribution in [2.75, 3.05) is 10.6 Å². The highest BCUT2D eigenvalue weighted by atomic mass is 16.1. The number of nitrogens with one attached hydrogen (secondary N) is 2. The molecule has 0 saturated heterocycles. The van der Waals surface area contributed by atoms with E-state index >= 15 is 0 Å². The Morgan fingerprint density at radius 3 is 2.27 bits per heavy atom. The summed E-state index contributed by atoms with van der Waals surface area (Å²) in [5.74, 6) is 0.273. The van der Waals surface area contributed by atoms with Crippen LogP contribution in [-0.4, -0.2) is 15.9 Å². The lowest BCUT2D eigenvalue weighted by molar-refractivity contribution is 0.102. The SMILES string of the molecule is Cc1cccc(CNc2ncc(C(=O)Nc3cc(C)cc(C)c3)cn2)c1. The molecule has 1 aromatic heterocycles. The molecule has 0 saturated carbocycles. The van der Waals surface area contributed by atoms with Crippen molar-refractivity contribution < 1.29 is 4.79 Å². The molecular formula is C21H22N4O. The summed E-state index contributed by atoms with van der Waals surface area (Å²) in [6, 6.07) is 14.2. The predicted octanol–water partition coefficient (Wildman–Crippen LogP) is 4.27. The summed E-state index contributed by atoms with van der Waals surface area (Å²) in [5.41, 5.74) is 5.77. The second-order valence-corrected chi connectivity index (χ2v) is 6.47. The molecule has 0 radical (unpaired) electrons. The molecule has 1 amide bonds. The topological polar surface area (TPSA) is 66.9 Å². The third-order valence-electron chi connectivity index (χ3n) is 3.93. The molecule has 0 aliphatic rings. The summed E-state index contributed by atoms with van der Waals surface area (Å²) in [5, 5.41) is 6.05. The van der Waals surface area contributed by atoms with Gasteiger partial charge >= 0.3 is 0 Å². The van der Waals surface area contributed by atoms with Gasteiger partial charge in [-0.05, 0) is 49.6 Å². The van der Waals surface area contributed by atoms with Gasteiger partial charge < -0.3 is 10.6 Å². The normalized spacial score (nSPS) is 10.4. The predicted molar refractivity (Wildman–Crippen MR) is 104 cm³/mol. The summed E-state index contributed by atoms with van der Waals surface area (Å²) in [4.78, 5) is 20.8. The van der Waals surface area contributed by atoms with E-state index in [1.165, 1.54) is 18.0 Å². The zero-order valence-electron chi connectivity index (χ0n) is 15.2. The number of hydrogen-bond donors (Lipinski definition) is 2. The van der Waals surface area contributed by atoms with E-state index in [9.17, 15) is 4.79 Å². The van der Waals surface area contributed by atoms with Crippen molar-refractivity contribution in [3.63, 3.8) is 0 Å². The fraction of sp³-hybridized carbons (Fsp3) is 0.190. The molecule has 0 atom stereocenters. The number of aryl methyl sites for hydroxylation is 3. The lowest BCUT2D eigenvalue weighted by atomic mass is 10.1. The zero-order valence-corrected chi connectivity index (χ0v) is 15.2. The molecule has 26 heavy (non-hydrogen) atoms. The molecule has 0 spiro atoms. The van der Waals surface area contributed by atoms with E-state index in [0.29, 0.717) is 18.1 Å². The van der Waals surface area contributed by atoms with Crippen molar-refractivity contribution >= 4 is 17.5 Å². The van der Waals surface area contributed by atoms with Crippen LogP contribution in [0.4, 0.5) is 11.6 Å². The third-order valence-corrected chi connectivity index (χ3v) is 3.93. The largest absolute Gasteiger partial charge is 0.350 e. The number of carbonyl (C=O) groups excluding carboxylic acids is 1. The van der Waals surface area contributed by atoms with Crippen LogP contribution in [0.5, 0.6) is 0 Å². The molecule has 0 bridgehead atoms. The van der Waals surface area contributed by atoms with Crippen molar-refractivity contribution in [2.45, 2.75) is 27.3 Å². The minimum Gasteiger partial charge on any atom is -0.350 e. The Hall–Kier alpha value is -3.21. The lowest BCUT2D eigenvalue weighted by Gasteiger charge is -2.08. The number of rotatable bonds is 5. The monoisotopic (exact) mass is 346 g/mol. The summed E-state index contributed by atoms with van der Waals surface area (Å²) >= 11 is 0. The van der Waals surface area contributed by atoms with Gasteiger partial charge in [-0.25, -0.2) is 9.97 Å². The Balaban J connectivity index is 1.62. The highest BCUT2D eigenvalue weighted by Crippen LogP contribution is 2.15. The first-order valence-corrected chi connectivity index (χ1v) is 8.51. The molecule has 0 unspecified atom stereocenters. The van der Waals surface area contributed by atoms with Crippen LogP contribution in [0.3, 0.4) is 0 Å². The number of carbonyl (C=O) groups is 1. The maximum atomic E-state index is 12.4. The highest BCUT2D eigenvalue weighted by Gasteiger charge is 2.08. The number of amides is 1. The lowest BCUT2D eigenvalue weighted by Crippen LogP contribution is -2.13. The van der Waals surface area contributed by atoms with Gasteiger partial charge in [0, 0.05) is 24.6 Å². The van der Waals surface area contributed by atoms with E-state index in [1.807, 2.05) is 38.1 Å². The van der Waals surface area contributed by atoms with Crippen molar-refractivity contribution in [1.29, 1.82) is 0 Å². The van der Waals surface area contributed by atoms with Crippen LogP contribution < -0.4 is 10.6 Å². The van der Waals surface area contributed by atoms with E-state index in [0.717, 1.165) is 22.4 Å². The van der Waals surface area contributed by atoms with E-state index in [-0.39, 0.29) is 5.91 Å². The van der Waals surface area contributed by atoms with Crippen LogP contribution in [0.25, 0.3) is 0 Å². The summed E-state index contributed by atoms with van der Waals surface area (Å²) < 4.78 is 0. The van der Waals surface area contributed by atoms with Crippen molar-refractivity contribution in [3.05, 3.63) is 82.7 Å². The average Bonchev–Trinajstić information content (AvgIpc) is 2.59. The standard InChI is InChI=1S/C21H22N4O/c1-14-5-4-6-17(8-14)11-22-21-23-12-18(13-24-21)20(26)25-19-9-15(2)7-16(3)10-19/h4-10,12-13H,11H2,1-3H3,(H,25,26)(H,22,23,24). The quantitative estimate of drug-likeness (QED) is 0.724. The van der Waals surface area contributed by atoms with Crippen LogP contribution in [0.2, 0.25) is 0 Å². The second-order valence-electron chi connectivity index (χ2n) is 6.47. The van der Waals surface area contributed by atoms with Gasteiger partial charge in [0.25, 0.3) is 5.91 Å². The number of anilines is 2. The highest BCUT2D eigenvalue weighted by molar-refractivity contribution is 6.04. The Labute approximate surface area is 153 Å². The molecule has 2 aromatic carbocycles.